The third kappa shape index (κ3) is 6.31. The highest BCUT2D eigenvalue weighted by molar-refractivity contribution is 7.99. The molecule has 2 aromatic heterocycles. The largest absolute Gasteiger partial charge is 0.368 e. The van der Waals surface area contributed by atoms with Crippen LogP contribution < -0.4 is 16.0 Å². The first kappa shape index (κ1) is 21.8. The summed E-state index contributed by atoms with van der Waals surface area (Å²) < 4.78 is 14.7. The Morgan fingerprint density at radius 1 is 1.17 bits per heavy atom. The first-order valence-corrected chi connectivity index (χ1v) is 10.9. The Labute approximate surface area is 179 Å². The van der Waals surface area contributed by atoms with Crippen LogP contribution in [0.2, 0.25) is 0 Å². The van der Waals surface area contributed by atoms with Crippen LogP contribution in [0, 0.1) is 5.82 Å². The van der Waals surface area contributed by atoms with E-state index in [2.05, 4.69) is 36.0 Å². The van der Waals surface area contributed by atoms with Gasteiger partial charge in [-0.15, -0.1) is 11.8 Å². The maximum Gasteiger partial charge on any atom is 0.191 e. The van der Waals surface area contributed by atoms with Gasteiger partial charge in [-0.3, -0.25) is 9.67 Å². The zero-order valence-corrected chi connectivity index (χ0v) is 18.0. The van der Waals surface area contributed by atoms with Crippen molar-refractivity contribution in [3.8, 4) is 0 Å². The molecule has 0 spiro atoms. The number of guanidine groups is 1. The van der Waals surface area contributed by atoms with Crippen molar-refractivity contribution in [3.63, 3.8) is 0 Å². The van der Waals surface area contributed by atoms with Crippen LogP contribution in [-0.2, 0) is 7.05 Å². The Balaban J connectivity index is 1.39. The standard InChI is InChI=1S/C20H27FN8S/c1-3-22-20(24-9-4-12-30-16-7-5-15(21)6-8-16)25-11-10-23-18-17-13-28-29(2)19(17)27-14-26-18/h5-8,13-14H,3-4,9-12H2,1-2H3,(H2,22,24,25)(H,23,26,27). The molecule has 0 aliphatic carbocycles. The van der Waals surface area contributed by atoms with Gasteiger partial charge in [-0.2, -0.15) is 5.10 Å². The van der Waals surface area contributed by atoms with Crippen molar-refractivity contribution in [2.24, 2.45) is 12.0 Å². The number of rotatable bonds is 10. The minimum Gasteiger partial charge on any atom is -0.368 e. The fourth-order valence-electron chi connectivity index (χ4n) is 2.78. The number of nitrogens with one attached hydrogen (secondary N) is 3. The van der Waals surface area contributed by atoms with Crippen molar-refractivity contribution < 1.29 is 4.39 Å². The number of aryl methyl sites for hydroxylation is 1. The molecule has 3 rings (SSSR count). The summed E-state index contributed by atoms with van der Waals surface area (Å²) in [5, 5.41) is 15.0. The minimum absolute atomic E-state index is 0.204. The average molecular weight is 431 g/mol. The van der Waals surface area contributed by atoms with Gasteiger partial charge in [0.25, 0.3) is 0 Å². The van der Waals surface area contributed by atoms with Crippen molar-refractivity contribution in [2.45, 2.75) is 18.2 Å². The van der Waals surface area contributed by atoms with E-state index in [4.69, 9.17) is 0 Å². The number of halogens is 1. The number of hydrogen-bond acceptors (Lipinski definition) is 6. The molecular weight excluding hydrogens is 403 g/mol. The monoisotopic (exact) mass is 430 g/mol. The third-order valence-corrected chi connectivity index (χ3v) is 5.34. The molecule has 0 aliphatic heterocycles. The third-order valence-electron chi connectivity index (χ3n) is 4.24. The molecule has 0 unspecified atom stereocenters. The lowest BCUT2D eigenvalue weighted by molar-refractivity contribution is 0.626. The number of anilines is 1. The lowest BCUT2D eigenvalue weighted by Crippen LogP contribution is -2.39. The van der Waals surface area contributed by atoms with Crippen LogP contribution in [0.5, 0.6) is 0 Å². The summed E-state index contributed by atoms with van der Waals surface area (Å²) in [5.74, 6) is 2.30. The molecule has 0 atom stereocenters. The summed E-state index contributed by atoms with van der Waals surface area (Å²) in [6.07, 6.45) is 4.24. The number of hydrogen-bond donors (Lipinski definition) is 3. The Kier molecular flexibility index (Phi) is 8.25. The fraction of sp³-hybridized carbons (Fsp3) is 0.400. The van der Waals surface area contributed by atoms with E-state index < -0.39 is 0 Å². The molecule has 0 aliphatic rings. The van der Waals surface area contributed by atoms with E-state index in [1.54, 1.807) is 34.8 Å². The number of benzene rings is 1. The van der Waals surface area contributed by atoms with E-state index in [0.717, 1.165) is 53.0 Å². The molecule has 0 amide bonds. The topological polar surface area (TPSA) is 92.1 Å². The van der Waals surface area contributed by atoms with Crippen LogP contribution in [0.25, 0.3) is 11.0 Å². The van der Waals surface area contributed by atoms with E-state index in [0.29, 0.717) is 13.1 Å². The summed E-state index contributed by atoms with van der Waals surface area (Å²) in [6, 6.07) is 6.59. The summed E-state index contributed by atoms with van der Waals surface area (Å²) in [5.41, 5.74) is 0.800. The van der Waals surface area contributed by atoms with Crippen molar-refractivity contribution in [1.82, 2.24) is 30.4 Å². The van der Waals surface area contributed by atoms with Crippen molar-refractivity contribution in [3.05, 3.63) is 42.6 Å². The summed E-state index contributed by atoms with van der Waals surface area (Å²) in [6.45, 7) is 4.94. The Morgan fingerprint density at radius 3 is 2.80 bits per heavy atom. The molecule has 0 saturated carbocycles. The lowest BCUT2D eigenvalue weighted by atomic mass is 10.4. The quantitative estimate of drug-likeness (QED) is 0.197. The number of thioether (sulfide) groups is 1. The van der Waals surface area contributed by atoms with Gasteiger partial charge in [0.2, 0.25) is 0 Å². The fourth-order valence-corrected chi connectivity index (χ4v) is 3.62. The first-order chi connectivity index (χ1) is 14.7. The minimum atomic E-state index is -0.204. The van der Waals surface area contributed by atoms with E-state index in [9.17, 15) is 4.39 Å². The molecule has 0 fully saturated rings. The van der Waals surface area contributed by atoms with Crippen LogP contribution in [0.3, 0.4) is 0 Å². The molecule has 160 valence electrons. The maximum absolute atomic E-state index is 12.9. The molecule has 3 N–H and O–H groups in total. The van der Waals surface area contributed by atoms with Gasteiger partial charge in [0.05, 0.1) is 11.6 Å². The molecule has 10 heteroatoms. The van der Waals surface area contributed by atoms with Gasteiger partial charge in [-0.05, 0) is 43.4 Å². The molecule has 0 bridgehead atoms. The highest BCUT2D eigenvalue weighted by Gasteiger charge is 2.07. The van der Waals surface area contributed by atoms with Gasteiger partial charge in [-0.25, -0.2) is 14.4 Å². The van der Waals surface area contributed by atoms with Crippen LogP contribution in [0.1, 0.15) is 13.3 Å². The molecule has 2 heterocycles. The van der Waals surface area contributed by atoms with E-state index in [-0.39, 0.29) is 5.82 Å². The normalized spacial score (nSPS) is 11.6. The smallest absolute Gasteiger partial charge is 0.191 e. The van der Waals surface area contributed by atoms with Crippen LogP contribution in [-0.4, -0.2) is 57.6 Å². The van der Waals surface area contributed by atoms with E-state index in [1.165, 1.54) is 18.5 Å². The molecule has 30 heavy (non-hydrogen) atoms. The molecule has 0 radical (unpaired) electrons. The molecule has 1 aromatic carbocycles. The Morgan fingerprint density at radius 2 is 2.00 bits per heavy atom. The van der Waals surface area contributed by atoms with E-state index >= 15 is 0 Å². The van der Waals surface area contributed by atoms with E-state index in [1.807, 2.05) is 14.0 Å². The number of fused-ring (bicyclic) bond motifs is 1. The Bertz CT molecular complexity index is 957. The average Bonchev–Trinajstić information content (AvgIpc) is 3.14. The molecule has 8 nitrogen and oxygen atoms in total. The highest BCUT2D eigenvalue weighted by Crippen LogP contribution is 2.19. The lowest BCUT2D eigenvalue weighted by Gasteiger charge is -2.12. The van der Waals surface area contributed by atoms with Gasteiger partial charge < -0.3 is 16.0 Å². The van der Waals surface area contributed by atoms with Crippen LogP contribution in [0.15, 0.2) is 46.7 Å². The van der Waals surface area contributed by atoms with Gasteiger partial charge in [0.1, 0.15) is 18.0 Å². The number of aliphatic imine (C=N–C) groups is 1. The number of aromatic nitrogens is 4. The van der Waals surface area contributed by atoms with Gasteiger partial charge in [0.15, 0.2) is 11.6 Å². The maximum atomic E-state index is 12.9. The zero-order valence-electron chi connectivity index (χ0n) is 17.2. The van der Waals surface area contributed by atoms with Crippen LogP contribution in [0.4, 0.5) is 10.2 Å². The predicted molar refractivity (Wildman–Crippen MR) is 121 cm³/mol. The second-order valence-electron chi connectivity index (χ2n) is 6.50. The Hall–Kier alpha value is -2.88. The van der Waals surface area contributed by atoms with Gasteiger partial charge in [-0.1, -0.05) is 0 Å². The van der Waals surface area contributed by atoms with Crippen molar-refractivity contribution >= 4 is 34.6 Å². The molecular formula is C20H27FN8S. The van der Waals surface area contributed by atoms with Crippen LogP contribution >= 0.6 is 11.8 Å². The molecule has 3 aromatic rings. The van der Waals surface area contributed by atoms with Gasteiger partial charge in [0, 0.05) is 38.1 Å². The van der Waals surface area contributed by atoms with Crippen molar-refractivity contribution in [2.75, 3.05) is 37.2 Å². The zero-order chi connectivity index (χ0) is 21.2. The van der Waals surface area contributed by atoms with Gasteiger partial charge >= 0.3 is 0 Å². The SMILES string of the molecule is CCNC(=NCCCSc1ccc(F)cc1)NCCNc1ncnc2c1cnn2C. The predicted octanol–water partition coefficient (Wildman–Crippen LogP) is 2.65. The highest BCUT2D eigenvalue weighted by atomic mass is 32.2. The number of nitrogens with zero attached hydrogens (tertiary/aromatic N) is 5. The summed E-state index contributed by atoms with van der Waals surface area (Å²) in [4.78, 5) is 14.2. The second kappa shape index (κ2) is 11.3. The van der Waals surface area contributed by atoms with Crippen molar-refractivity contribution in [1.29, 1.82) is 0 Å². The first-order valence-electron chi connectivity index (χ1n) is 9.94. The summed E-state index contributed by atoms with van der Waals surface area (Å²) >= 11 is 1.71. The summed E-state index contributed by atoms with van der Waals surface area (Å²) in [7, 11) is 1.86. The second-order valence-corrected chi connectivity index (χ2v) is 7.67. The molecule has 0 saturated heterocycles.